The number of hydrogen-bond donors (Lipinski definition) is 0. The predicted molar refractivity (Wildman–Crippen MR) is 95.0 cm³/mol. The van der Waals surface area contributed by atoms with Gasteiger partial charge in [0, 0.05) is 23.0 Å². The van der Waals surface area contributed by atoms with Crippen LogP contribution in [-0.2, 0) is 4.79 Å². The number of carbonyl (C=O) groups is 1. The maximum Gasteiger partial charge on any atom is 0.147 e. The first kappa shape index (κ1) is 19.5. The Balaban J connectivity index is 2.43. The lowest BCUT2D eigenvalue weighted by atomic mass is 9.84. The lowest BCUT2D eigenvalue weighted by Crippen LogP contribution is -2.18. The highest BCUT2D eigenvalue weighted by Crippen LogP contribution is 2.34. The van der Waals surface area contributed by atoms with E-state index in [0.717, 1.165) is 12.1 Å². The molecule has 0 aromatic heterocycles. The van der Waals surface area contributed by atoms with Gasteiger partial charge in [-0.05, 0) is 59.6 Å². The lowest BCUT2D eigenvalue weighted by Gasteiger charge is -2.19. The van der Waals surface area contributed by atoms with E-state index in [2.05, 4.69) is 10.4 Å². The summed E-state index contributed by atoms with van der Waals surface area (Å²) < 4.78 is 28.5. The highest BCUT2D eigenvalue weighted by atomic mass is 19.1. The van der Waals surface area contributed by atoms with E-state index in [-0.39, 0.29) is 22.5 Å². The van der Waals surface area contributed by atoms with E-state index < -0.39 is 29.3 Å². The molecule has 0 radical (unpaired) electrons. The van der Waals surface area contributed by atoms with E-state index in [1.165, 1.54) is 39.8 Å². The molecule has 0 saturated heterocycles. The van der Waals surface area contributed by atoms with Gasteiger partial charge in [-0.2, -0.15) is 0 Å². The van der Waals surface area contributed by atoms with Crippen LogP contribution in [0, 0.1) is 35.3 Å². The third kappa shape index (κ3) is 3.56. The number of ketones is 1. The molecule has 0 spiro atoms. The molecular weight excluding hydrogens is 342 g/mol. The Morgan fingerprint density at radius 3 is 1.46 bits per heavy atom. The molecule has 0 N–H and O–H groups in total. The normalized spacial score (nSPS) is 13.2. The van der Waals surface area contributed by atoms with Crippen LogP contribution in [0.3, 0.4) is 0 Å². The highest BCUT2D eigenvalue weighted by Gasteiger charge is 2.28. The number of rotatable bonds is 6. The molecule has 26 heavy (non-hydrogen) atoms. The zero-order valence-electron chi connectivity index (χ0n) is 14.8. The molecule has 0 aliphatic carbocycles. The summed E-state index contributed by atoms with van der Waals surface area (Å²) in [5.41, 5.74) is 0.845. The molecule has 2 aromatic rings. The van der Waals surface area contributed by atoms with Gasteiger partial charge in [-0.1, -0.05) is 13.8 Å². The Morgan fingerprint density at radius 2 is 1.15 bits per heavy atom. The lowest BCUT2D eigenvalue weighted by molar-refractivity contribution is -0.121. The Labute approximate surface area is 149 Å². The van der Waals surface area contributed by atoms with Gasteiger partial charge in [0.05, 0.1) is 0 Å². The van der Waals surface area contributed by atoms with E-state index >= 15 is 0 Å². The molecule has 0 saturated carbocycles. The smallest absolute Gasteiger partial charge is 0.147 e. The standard InChI is InChI=1S/C19H18F2N2O3/c1-9-5-15(20)13(7-17(9)22-25)11(3)19(24)12(4)14-8-18(23-26)10(2)6-16(14)21/h5-8,11-12H,1-4H3. The maximum atomic E-state index is 14.3. The van der Waals surface area contributed by atoms with Gasteiger partial charge in [-0.3, -0.25) is 4.79 Å². The monoisotopic (exact) mass is 360 g/mol. The molecule has 2 atom stereocenters. The van der Waals surface area contributed by atoms with Crippen molar-refractivity contribution < 1.29 is 13.6 Å². The largest absolute Gasteiger partial charge is 0.298 e. The zero-order valence-corrected chi connectivity index (χ0v) is 14.8. The van der Waals surface area contributed by atoms with E-state index in [1.54, 1.807) is 0 Å². The molecular formula is C19H18F2N2O3. The average Bonchev–Trinajstić information content (AvgIpc) is 2.60. The Kier molecular flexibility index (Phi) is 5.69. The number of nitroso groups, excluding NO2 is 2. The first-order chi connectivity index (χ1) is 12.2. The molecule has 0 aliphatic rings. The maximum absolute atomic E-state index is 14.3. The van der Waals surface area contributed by atoms with Gasteiger partial charge in [0.15, 0.2) is 0 Å². The van der Waals surface area contributed by atoms with Crippen molar-refractivity contribution in [3.8, 4) is 0 Å². The first-order valence-electron chi connectivity index (χ1n) is 8.01. The molecule has 0 bridgehead atoms. The average molecular weight is 360 g/mol. The minimum atomic E-state index is -0.931. The van der Waals surface area contributed by atoms with Crippen LogP contribution in [0.25, 0.3) is 0 Å². The summed E-state index contributed by atoms with van der Waals surface area (Å²) in [6, 6.07) is 4.75. The fourth-order valence-electron chi connectivity index (χ4n) is 2.90. The molecule has 2 aromatic carbocycles. The van der Waals surface area contributed by atoms with Crippen LogP contribution < -0.4 is 0 Å². The van der Waals surface area contributed by atoms with Gasteiger partial charge in [-0.25, -0.2) is 8.78 Å². The first-order valence-corrected chi connectivity index (χ1v) is 8.01. The molecule has 5 nitrogen and oxygen atoms in total. The molecule has 2 unspecified atom stereocenters. The summed E-state index contributed by atoms with van der Waals surface area (Å²) >= 11 is 0. The fraction of sp³-hybridized carbons (Fsp3) is 0.316. The van der Waals surface area contributed by atoms with E-state index in [0.29, 0.717) is 11.1 Å². The zero-order chi connectivity index (χ0) is 19.6. The second-order valence-corrected chi connectivity index (χ2v) is 6.35. The summed E-state index contributed by atoms with van der Waals surface area (Å²) in [5, 5.41) is 5.66. The number of aryl methyl sites for hydroxylation is 2. The number of halogens is 2. The summed E-state index contributed by atoms with van der Waals surface area (Å²) in [6.07, 6.45) is 0. The molecule has 136 valence electrons. The summed E-state index contributed by atoms with van der Waals surface area (Å²) in [6.45, 7) is 6.03. The minimum Gasteiger partial charge on any atom is -0.298 e. The van der Waals surface area contributed by atoms with Crippen molar-refractivity contribution in [1.29, 1.82) is 0 Å². The molecule has 0 fully saturated rings. The van der Waals surface area contributed by atoms with Crippen LogP contribution in [0.5, 0.6) is 0 Å². The van der Waals surface area contributed by atoms with Gasteiger partial charge in [0.25, 0.3) is 0 Å². The van der Waals surface area contributed by atoms with Gasteiger partial charge < -0.3 is 0 Å². The molecule has 0 amide bonds. The van der Waals surface area contributed by atoms with Crippen LogP contribution >= 0.6 is 0 Å². The van der Waals surface area contributed by atoms with E-state index in [1.807, 2.05) is 0 Å². The molecule has 7 heteroatoms. The second-order valence-electron chi connectivity index (χ2n) is 6.35. The number of hydrogen-bond acceptors (Lipinski definition) is 5. The van der Waals surface area contributed by atoms with Crippen LogP contribution in [0.2, 0.25) is 0 Å². The van der Waals surface area contributed by atoms with Crippen molar-refractivity contribution in [1.82, 2.24) is 0 Å². The second kappa shape index (κ2) is 7.59. The highest BCUT2D eigenvalue weighted by molar-refractivity contribution is 5.91. The Hall–Kier alpha value is -2.83. The minimum absolute atomic E-state index is 0.0169. The molecule has 2 rings (SSSR count). The predicted octanol–water partition coefficient (Wildman–Crippen LogP) is 5.85. The van der Waals surface area contributed by atoms with Gasteiger partial charge in [0.1, 0.15) is 28.8 Å². The van der Waals surface area contributed by atoms with Crippen LogP contribution in [0.4, 0.5) is 20.2 Å². The van der Waals surface area contributed by atoms with Crippen LogP contribution in [-0.4, -0.2) is 5.78 Å². The van der Waals surface area contributed by atoms with Crippen molar-refractivity contribution >= 4 is 17.2 Å². The van der Waals surface area contributed by atoms with Crippen LogP contribution in [0.1, 0.15) is 47.9 Å². The number of benzene rings is 2. The third-order valence-electron chi connectivity index (χ3n) is 4.61. The van der Waals surface area contributed by atoms with Gasteiger partial charge >= 0.3 is 0 Å². The molecule has 0 heterocycles. The quantitative estimate of drug-likeness (QED) is 0.606. The number of nitrogens with zero attached hydrogens (tertiary/aromatic N) is 2. The van der Waals surface area contributed by atoms with Crippen molar-refractivity contribution in [2.45, 2.75) is 39.5 Å². The number of Topliss-reactive ketones (excluding diaryl/α,β-unsaturated/α-hetero) is 1. The summed E-state index contributed by atoms with van der Waals surface area (Å²) in [7, 11) is 0. The van der Waals surface area contributed by atoms with Gasteiger partial charge in [0.2, 0.25) is 0 Å². The fourth-order valence-corrected chi connectivity index (χ4v) is 2.90. The summed E-state index contributed by atoms with van der Waals surface area (Å²) in [5.74, 6) is -3.59. The topological polar surface area (TPSA) is 75.9 Å². The van der Waals surface area contributed by atoms with E-state index in [9.17, 15) is 23.4 Å². The van der Waals surface area contributed by atoms with E-state index in [4.69, 9.17) is 0 Å². The SMILES string of the molecule is Cc1cc(F)c(C(C)C(=O)C(C)c2cc(N=O)c(C)cc2F)cc1N=O. The van der Waals surface area contributed by atoms with Crippen molar-refractivity contribution in [2.24, 2.45) is 10.4 Å². The Morgan fingerprint density at radius 1 is 0.808 bits per heavy atom. The van der Waals surface area contributed by atoms with Gasteiger partial charge in [-0.15, -0.1) is 9.81 Å². The molecule has 0 aliphatic heterocycles. The van der Waals surface area contributed by atoms with Crippen LogP contribution in [0.15, 0.2) is 34.6 Å². The summed E-state index contributed by atoms with van der Waals surface area (Å²) in [4.78, 5) is 34.4. The van der Waals surface area contributed by atoms with Crippen molar-refractivity contribution in [3.63, 3.8) is 0 Å². The van der Waals surface area contributed by atoms with Crippen molar-refractivity contribution in [3.05, 3.63) is 68.0 Å². The van der Waals surface area contributed by atoms with Crippen molar-refractivity contribution in [2.75, 3.05) is 0 Å². The Bertz CT molecular complexity index is 825. The number of carbonyl (C=O) groups excluding carboxylic acids is 1. The third-order valence-corrected chi connectivity index (χ3v) is 4.61.